The molecule has 4 fully saturated rings. The van der Waals surface area contributed by atoms with E-state index in [-0.39, 0.29) is 82.5 Å². The van der Waals surface area contributed by atoms with E-state index in [0.29, 0.717) is 53.2 Å². The predicted octanol–water partition coefficient (Wildman–Crippen LogP) is 6.65. The number of fused-ring (bicyclic) bond motifs is 6. The summed E-state index contributed by atoms with van der Waals surface area (Å²) in [6, 6.07) is 8.37. The first kappa shape index (κ1) is 59.9. The SMILES string of the molecule is C.Cc1cnc(-c2ccc(-c3cnn4c(N)c(S(C)(=O)=O)c(C5C[C@H]6CC[C@@H](C5)N6)nc34)cn2)s1.Cc1cnc(-c2ccc(-c3cnn4c(N)c(S(C)(=O)=O)c(C5C[C@H]6CC[C@@H](C5)N6C(=O)c5cn[nH]n5)nc34)cn2)s1.Cl.O=C(O)c1cn[nH]n1. The van der Waals surface area contributed by atoms with Gasteiger partial charge in [0.1, 0.15) is 31.4 Å². The minimum Gasteiger partial charge on any atom is -0.476 e. The molecule has 32 heteroatoms. The van der Waals surface area contributed by atoms with Crippen molar-refractivity contribution >= 4 is 89.6 Å². The number of thiazole rings is 2. The van der Waals surface area contributed by atoms with Crippen LogP contribution in [-0.2, 0) is 19.7 Å². The third-order valence-corrected chi connectivity index (χ3v) is 19.6. The quantitative estimate of drug-likeness (QED) is 0.0834. The monoisotopic (exact) mass is 1250 g/mol. The molecule has 8 N–H and O–H groups in total. The molecule has 4 aliphatic rings. The molecule has 0 saturated carbocycles. The van der Waals surface area contributed by atoms with E-state index in [4.69, 9.17) is 26.5 Å². The normalized spacial score (nSPS) is 19.8. The largest absolute Gasteiger partial charge is 0.476 e. The minimum atomic E-state index is -3.74. The average Bonchev–Trinajstić information content (AvgIpc) is 2.27. The third-order valence-electron chi connectivity index (χ3n) is 15.4. The van der Waals surface area contributed by atoms with Crippen LogP contribution in [0.3, 0.4) is 0 Å². The Hall–Kier alpha value is -8.23. The molecule has 85 heavy (non-hydrogen) atoms. The number of sulfone groups is 2. The summed E-state index contributed by atoms with van der Waals surface area (Å²) in [5.74, 6) is -1.27. The number of hydrogen-bond acceptors (Lipinski definition) is 23. The Morgan fingerprint density at radius 3 is 1.42 bits per heavy atom. The van der Waals surface area contributed by atoms with Gasteiger partial charge >= 0.3 is 5.97 Å². The van der Waals surface area contributed by atoms with Crippen LogP contribution in [0.5, 0.6) is 0 Å². The number of hydrogen-bond donors (Lipinski definition) is 6. The van der Waals surface area contributed by atoms with E-state index in [2.05, 4.69) is 66.3 Å². The number of carbonyl (C=O) groups excluding carboxylic acids is 1. The lowest BCUT2D eigenvalue weighted by Gasteiger charge is -2.38. The van der Waals surface area contributed by atoms with E-state index < -0.39 is 25.6 Å². The number of piperidine rings is 2. The van der Waals surface area contributed by atoms with Gasteiger partial charge in [0.05, 0.1) is 47.6 Å². The van der Waals surface area contributed by atoms with Crippen LogP contribution in [0.2, 0.25) is 0 Å². The zero-order valence-corrected chi connectivity index (χ0v) is 49.4. The second-order valence-corrected chi connectivity index (χ2v) is 27.4. The molecule has 14 rings (SSSR count). The van der Waals surface area contributed by atoms with Crippen molar-refractivity contribution in [3.8, 4) is 43.7 Å². The Bertz CT molecular complexity index is 4300. The number of rotatable bonds is 10. The topological polar surface area (TPSA) is 385 Å². The Kier molecular flexibility index (Phi) is 16.7. The number of nitrogen functional groups attached to an aromatic ring is 2. The van der Waals surface area contributed by atoms with Crippen molar-refractivity contribution in [3.05, 3.63) is 106 Å². The molecule has 4 bridgehead atoms. The van der Waals surface area contributed by atoms with Crippen LogP contribution in [0.15, 0.2) is 83.6 Å². The van der Waals surface area contributed by atoms with Gasteiger partial charge in [0.25, 0.3) is 5.91 Å². The number of H-pyrrole nitrogens is 2. The molecule has 2 unspecified atom stereocenters. The van der Waals surface area contributed by atoms with Crippen LogP contribution in [-0.4, -0.2) is 155 Å². The highest BCUT2D eigenvalue weighted by molar-refractivity contribution is 7.91. The maximum atomic E-state index is 13.2. The Morgan fingerprint density at radius 1 is 0.612 bits per heavy atom. The standard InChI is InChI=1S/C26H26N10O3S2.C23H25N7O2S2.C3H3N3O2.CH4.ClH/c1-13-9-29-25(40-13)19-6-3-14(10-28-19)18-11-31-36-23(27)22(41(2,38)39)21(32-24(18)36)15-7-16-4-5-17(8-15)35(16)26(37)20-12-30-34-33-20;1-12-9-26-23(33-12)18-6-3-13(10-25-18)17-11-27-30-21(24)20(34(2,31)32)19(29-22(17)30)14-7-15-4-5-16(8-14)28-15;7-3(8)2-1-4-6-5-2;;/h3,6,9-12,15-17H,4-5,7-8,27H2,1-2H3,(H,30,33,34);3,6,9-11,14-16,28H,4-5,7-8,24H2,1-2H3;1H,(H,7,8)(H,4,5,6);1H4;1H/t15?,16-,17+;14?,15-,16+;;;. The number of carboxylic acid groups (broad SMARTS) is 1. The van der Waals surface area contributed by atoms with Gasteiger partial charge in [-0.1, -0.05) is 19.6 Å². The van der Waals surface area contributed by atoms with E-state index in [1.165, 1.54) is 21.5 Å². The maximum Gasteiger partial charge on any atom is 0.358 e. The number of aryl methyl sites for hydroxylation is 2. The maximum absolute atomic E-state index is 13.2. The lowest BCUT2D eigenvalue weighted by molar-refractivity contribution is 0.0561. The number of carboxylic acids is 1. The first-order chi connectivity index (χ1) is 39.8. The summed E-state index contributed by atoms with van der Waals surface area (Å²) in [7, 11) is -7.34. The number of aromatic carboxylic acids is 1. The number of nitrogens with two attached hydrogens (primary N) is 2. The number of anilines is 2. The number of aromatic nitrogens is 16. The first-order valence-electron chi connectivity index (χ1n) is 26.3. The Balaban J connectivity index is 0.000000166. The highest BCUT2D eigenvalue weighted by Crippen LogP contribution is 2.46. The fraction of sp³-hybridized carbons (Fsp3) is 0.358. The van der Waals surface area contributed by atoms with Crippen molar-refractivity contribution in [3.63, 3.8) is 0 Å². The summed E-state index contributed by atoms with van der Waals surface area (Å²) in [5, 5.41) is 41.2. The second kappa shape index (κ2) is 23.7. The molecule has 0 aliphatic carbocycles. The Labute approximate surface area is 500 Å². The van der Waals surface area contributed by atoms with Gasteiger partial charge in [-0.05, 0) is 77.3 Å². The third kappa shape index (κ3) is 11.7. The molecule has 0 spiro atoms. The molecule has 10 aromatic heterocycles. The van der Waals surface area contributed by atoms with Crippen molar-refractivity contribution in [2.75, 3.05) is 24.0 Å². The molecule has 27 nitrogen and oxygen atoms in total. The van der Waals surface area contributed by atoms with Gasteiger partial charge in [-0.15, -0.1) is 40.2 Å². The number of carbonyl (C=O) groups is 2. The molecule has 0 radical (unpaired) electrons. The lowest BCUT2D eigenvalue weighted by atomic mass is 9.87. The summed E-state index contributed by atoms with van der Waals surface area (Å²) in [4.78, 5) is 55.1. The highest BCUT2D eigenvalue weighted by atomic mass is 35.5. The number of nitrogens with zero attached hydrogens (tertiary/aromatic N) is 15. The van der Waals surface area contributed by atoms with Gasteiger partial charge in [0.2, 0.25) is 0 Å². The lowest BCUT2D eigenvalue weighted by Crippen LogP contribution is -2.46. The number of amides is 1. The average molecular weight is 1250 g/mol. The predicted molar refractivity (Wildman–Crippen MR) is 320 cm³/mol. The fourth-order valence-corrected chi connectivity index (χ4v) is 15.4. The molecule has 0 aromatic carbocycles. The van der Waals surface area contributed by atoms with Crippen molar-refractivity contribution in [2.24, 2.45) is 0 Å². The van der Waals surface area contributed by atoms with Gasteiger partial charge in [0, 0.05) is 105 Å². The van der Waals surface area contributed by atoms with Gasteiger partial charge in [-0.25, -0.2) is 41.6 Å². The van der Waals surface area contributed by atoms with Gasteiger partial charge in [0.15, 0.2) is 42.4 Å². The zero-order valence-electron chi connectivity index (χ0n) is 45.4. The first-order valence-corrected chi connectivity index (χ1v) is 31.7. The fourth-order valence-electron chi connectivity index (χ4n) is 11.8. The highest BCUT2D eigenvalue weighted by Gasteiger charge is 2.46. The zero-order chi connectivity index (χ0) is 58.1. The molecular formula is C53H59ClN20O7S4. The number of pyridine rings is 2. The minimum absolute atomic E-state index is 0. The van der Waals surface area contributed by atoms with Crippen LogP contribution in [0.1, 0.15) is 113 Å². The van der Waals surface area contributed by atoms with Crippen LogP contribution < -0.4 is 16.8 Å². The molecule has 6 atom stereocenters. The van der Waals surface area contributed by atoms with Crippen LogP contribution >= 0.6 is 35.1 Å². The number of halogens is 1. The van der Waals surface area contributed by atoms with Crippen LogP contribution in [0, 0.1) is 13.8 Å². The van der Waals surface area contributed by atoms with Crippen molar-refractivity contribution in [1.82, 2.24) is 90.2 Å². The van der Waals surface area contributed by atoms with E-state index >= 15 is 0 Å². The van der Waals surface area contributed by atoms with E-state index in [1.807, 2.05) is 55.4 Å². The van der Waals surface area contributed by atoms with Gasteiger partial charge in [-0.3, -0.25) is 14.8 Å². The summed E-state index contributed by atoms with van der Waals surface area (Å²) < 4.78 is 54.5. The summed E-state index contributed by atoms with van der Waals surface area (Å²) in [6.07, 6.45) is 22.1. The van der Waals surface area contributed by atoms with E-state index in [9.17, 15) is 26.4 Å². The molecule has 10 aromatic rings. The smallest absolute Gasteiger partial charge is 0.358 e. The molecular weight excluding hydrogens is 1190 g/mol. The molecule has 14 heterocycles. The molecule has 444 valence electrons. The van der Waals surface area contributed by atoms with Crippen LogP contribution in [0.4, 0.5) is 11.6 Å². The van der Waals surface area contributed by atoms with E-state index in [1.54, 1.807) is 47.5 Å². The Morgan fingerprint density at radius 2 is 1.06 bits per heavy atom. The van der Waals surface area contributed by atoms with Gasteiger partial charge < -0.3 is 26.8 Å². The second-order valence-electron chi connectivity index (χ2n) is 21.1. The van der Waals surface area contributed by atoms with Crippen molar-refractivity contribution in [2.45, 2.75) is 118 Å². The summed E-state index contributed by atoms with van der Waals surface area (Å²) in [6.45, 7) is 4.01. The van der Waals surface area contributed by atoms with Crippen molar-refractivity contribution < 1.29 is 31.5 Å². The number of nitrogens with one attached hydrogen (secondary N) is 3. The van der Waals surface area contributed by atoms with Crippen molar-refractivity contribution in [1.29, 1.82) is 0 Å². The van der Waals surface area contributed by atoms with E-state index in [0.717, 1.165) is 98.8 Å². The summed E-state index contributed by atoms with van der Waals surface area (Å²) in [5.41, 5.74) is 19.8. The number of aromatic amines is 2. The van der Waals surface area contributed by atoms with Gasteiger partial charge in [-0.2, -0.15) is 45.0 Å². The molecule has 4 aliphatic heterocycles. The molecule has 4 saturated heterocycles. The van der Waals surface area contributed by atoms with Crippen LogP contribution in [0.25, 0.3) is 55.0 Å². The summed E-state index contributed by atoms with van der Waals surface area (Å²) >= 11 is 3.16. The molecule has 1 amide bonds.